The first kappa shape index (κ1) is 20.2. The van der Waals surface area contributed by atoms with E-state index in [-0.39, 0.29) is 16.8 Å². The van der Waals surface area contributed by atoms with Crippen molar-refractivity contribution < 1.29 is 17.9 Å². The van der Waals surface area contributed by atoms with Crippen molar-refractivity contribution >= 4 is 21.6 Å². The molecule has 2 aromatic carbocycles. The van der Waals surface area contributed by atoms with E-state index >= 15 is 0 Å². The number of benzene rings is 2. The highest BCUT2D eigenvalue weighted by atomic mass is 32.2. The summed E-state index contributed by atoms with van der Waals surface area (Å²) in [7, 11) is -2.18. The van der Waals surface area contributed by atoms with Crippen molar-refractivity contribution in [1.82, 2.24) is 5.32 Å². The summed E-state index contributed by atoms with van der Waals surface area (Å²) >= 11 is 0. The zero-order valence-electron chi connectivity index (χ0n) is 16.0. The Balaban J connectivity index is 1.65. The van der Waals surface area contributed by atoms with Crippen molar-refractivity contribution in [3.63, 3.8) is 0 Å². The number of methoxy groups -OCH3 is 1. The Kier molecular flexibility index (Phi) is 6.57. The monoisotopic (exact) mass is 402 g/mol. The largest absolute Gasteiger partial charge is 0.497 e. The van der Waals surface area contributed by atoms with Crippen LogP contribution in [0.3, 0.4) is 0 Å². The van der Waals surface area contributed by atoms with Crippen LogP contribution in [0.5, 0.6) is 5.75 Å². The van der Waals surface area contributed by atoms with Crippen molar-refractivity contribution in [3.8, 4) is 5.75 Å². The average Bonchev–Trinajstić information content (AvgIpc) is 2.97. The van der Waals surface area contributed by atoms with Crippen molar-refractivity contribution in [2.45, 2.75) is 49.5 Å². The quantitative estimate of drug-likeness (QED) is 0.717. The van der Waals surface area contributed by atoms with Gasteiger partial charge in [-0.1, -0.05) is 25.7 Å². The van der Waals surface area contributed by atoms with E-state index in [1.165, 1.54) is 25.0 Å². The summed E-state index contributed by atoms with van der Waals surface area (Å²) in [6.45, 7) is 0. The summed E-state index contributed by atoms with van der Waals surface area (Å²) < 4.78 is 32.7. The third-order valence-corrected chi connectivity index (χ3v) is 6.36. The summed E-state index contributed by atoms with van der Waals surface area (Å²) in [4.78, 5) is 12.6. The summed E-state index contributed by atoms with van der Waals surface area (Å²) in [5, 5.41) is 3.07. The molecule has 28 heavy (non-hydrogen) atoms. The summed E-state index contributed by atoms with van der Waals surface area (Å²) in [6, 6.07) is 12.8. The molecule has 0 spiro atoms. The molecule has 0 bridgehead atoms. The molecule has 0 aromatic heterocycles. The van der Waals surface area contributed by atoms with E-state index in [4.69, 9.17) is 4.74 Å². The highest BCUT2D eigenvalue weighted by Gasteiger charge is 2.18. The number of sulfonamides is 1. The zero-order chi connectivity index (χ0) is 20.0. The Bertz CT molecular complexity index is 885. The SMILES string of the molecule is COc1ccc(NS(=O)(=O)c2ccc(C(=O)NC3CCCCCC3)cc2)cc1. The van der Waals surface area contributed by atoms with Crippen LogP contribution in [0, 0.1) is 0 Å². The van der Waals surface area contributed by atoms with Crippen molar-refractivity contribution in [2.75, 3.05) is 11.8 Å². The maximum absolute atomic E-state index is 12.5. The van der Waals surface area contributed by atoms with Gasteiger partial charge in [-0.15, -0.1) is 0 Å². The Morgan fingerprint density at radius 3 is 2.11 bits per heavy atom. The van der Waals surface area contributed by atoms with Gasteiger partial charge in [0, 0.05) is 17.3 Å². The second kappa shape index (κ2) is 9.10. The minimum atomic E-state index is -3.73. The Morgan fingerprint density at radius 1 is 0.929 bits per heavy atom. The fourth-order valence-electron chi connectivity index (χ4n) is 3.35. The molecule has 0 heterocycles. The van der Waals surface area contributed by atoms with Gasteiger partial charge >= 0.3 is 0 Å². The highest BCUT2D eigenvalue weighted by Crippen LogP contribution is 2.20. The van der Waals surface area contributed by atoms with Crippen LogP contribution in [0.15, 0.2) is 53.4 Å². The van der Waals surface area contributed by atoms with E-state index in [1.807, 2.05) is 0 Å². The smallest absolute Gasteiger partial charge is 0.261 e. The van der Waals surface area contributed by atoms with Gasteiger partial charge in [0.2, 0.25) is 0 Å². The van der Waals surface area contributed by atoms with Gasteiger partial charge in [0.1, 0.15) is 5.75 Å². The molecule has 0 unspecified atom stereocenters. The third kappa shape index (κ3) is 5.25. The Labute approximate surface area is 166 Å². The van der Waals surface area contributed by atoms with Gasteiger partial charge < -0.3 is 10.1 Å². The van der Waals surface area contributed by atoms with Gasteiger partial charge in [0.25, 0.3) is 15.9 Å². The molecule has 6 nitrogen and oxygen atoms in total. The number of amides is 1. The van der Waals surface area contributed by atoms with Crippen LogP contribution in [0.2, 0.25) is 0 Å². The second-order valence-electron chi connectivity index (χ2n) is 7.02. The standard InChI is InChI=1S/C21H26N2O4S/c1-27-19-12-10-18(11-13-19)23-28(25,26)20-14-8-16(9-15-20)21(24)22-17-6-4-2-3-5-7-17/h8-15,17,23H,2-7H2,1H3,(H,22,24). The normalized spacial score (nSPS) is 15.5. The fourth-order valence-corrected chi connectivity index (χ4v) is 4.41. The van der Waals surface area contributed by atoms with Gasteiger partial charge in [-0.3, -0.25) is 9.52 Å². The van der Waals surface area contributed by atoms with Gasteiger partial charge in [-0.25, -0.2) is 8.42 Å². The average molecular weight is 403 g/mol. The maximum atomic E-state index is 12.5. The second-order valence-corrected chi connectivity index (χ2v) is 8.70. The first-order valence-electron chi connectivity index (χ1n) is 9.56. The number of hydrogen-bond acceptors (Lipinski definition) is 4. The molecule has 2 N–H and O–H groups in total. The van der Waals surface area contributed by atoms with Crippen LogP contribution in [-0.4, -0.2) is 27.5 Å². The van der Waals surface area contributed by atoms with Gasteiger partial charge in [-0.05, 0) is 61.4 Å². The topological polar surface area (TPSA) is 84.5 Å². The van der Waals surface area contributed by atoms with Crippen LogP contribution in [0.4, 0.5) is 5.69 Å². The van der Waals surface area contributed by atoms with Crippen LogP contribution < -0.4 is 14.8 Å². The molecule has 1 amide bonds. The summed E-state index contributed by atoms with van der Waals surface area (Å²) in [6.07, 6.45) is 6.73. The number of hydrogen-bond donors (Lipinski definition) is 2. The number of anilines is 1. The van der Waals surface area contributed by atoms with Gasteiger partial charge in [-0.2, -0.15) is 0 Å². The first-order valence-corrected chi connectivity index (χ1v) is 11.0. The predicted octanol–water partition coefficient (Wildman–Crippen LogP) is 3.95. The number of rotatable bonds is 6. The lowest BCUT2D eigenvalue weighted by molar-refractivity contribution is 0.0933. The third-order valence-electron chi connectivity index (χ3n) is 4.96. The van der Waals surface area contributed by atoms with Gasteiger partial charge in [0.05, 0.1) is 12.0 Å². The molecule has 150 valence electrons. The molecule has 0 aliphatic heterocycles. The first-order chi connectivity index (χ1) is 13.5. The number of carbonyl (C=O) groups excluding carboxylic acids is 1. The maximum Gasteiger partial charge on any atom is 0.261 e. The number of ether oxygens (including phenoxy) is 1. The molecule has 0 saturated heterocycles. The molecule has 1 fully saturated rings. The summed E-state index contributed by atoms with van der Waals surface area (Å²) in [5.74, 6) is 0.492. The van der Waals surface area contributed by atoms with E-state index in [2.05, 4.69) is 10.0 Å². The van der Waals surface area contributed by atoms with Crippen LogP contribution in [-0.2, 0) is 10.0 Å². The van der Waals surface area contributed by atoms with E-state index in [0.717, 1.165) is 25.7 Å². The molecular formula is C21H26N2O4S. The zero-order valence-corrected chi connectivity index (χ0v) is 16.8. The lowest BCUT2D eigenvalue weighted by Crippen LogP contribution is -2.34. The van der Waals surface area contributed by atoms with E-state index < -0.39 is 10.0 Å². The lowest BCUT2D eigenvalue weighted by Gasteiger charge is -2.16. The fraction of sp³-hybridized carbons (Fsp3) is 0.381. The van der Waals surface area contributed by atoms with Crippen LogP contribution in [0.1, 0.15) is 48.9 Å². The van der Waals surface area contributed by atoms with E-state index in [9.17, 15) is 13.2 Å². The highest BCUT2D eigenvalue weighted by molar-refractivity contribution is 7.92. The number of carbonyl (C=O) groups is 1. The van der Waals surface area contributed by atoms with Crippen molar-refractivity contribution in [2.24, 2.45) is 0 Å². The lowest BCUT2D eigenvalue weighted by atomic mass is 10.1. The molecule has 1 saturated carbocycles. The molecule has 1 aliphatic carbocycles. The predicted molar refractivity (Wildman–Crippen MR) is 109 cm³/mol. The van der Waals surface area contributed by atoms with Crippen LogP contribution in [0.25, 0.3) is 0 Å². The Morgan fingerprint density at radius 2 is 1.54 bits per heavy atom. The molecule has 0 radical (unpaired) electrons. The molecule has 2 aromatic rings. The minimum Gasteiger partial charge on any atom is -0.497 e. The summed E-state index contributed by atoms with van der Waals surface area (Å²) in [5.41, 5.74) is 0.906. The van der Waals surface area contributed by atoms with Crippen molar-refractivity contribution in [1.29, 1.82) is 0 Å². The molecule has 7 heteroatoms. The van der Waals surface area contributed by atoms with Crippen molar-refractivity contribution in [3.05, 3.63) is 54.1 Å². The molecular weight excluding hydrogens is 376 g/mol. The Hall–Kier alpha value is -2.54. The molecule has 0 atom stereocenters. The molecule has 3 rings (SSSR count). The van der Waals surface area contributed by atoms with Gasteiger partial charge in [0.15, 0.2) is 0 Å². The number of nitrogens with one attached hydrogen (secondary N) is 2. The molecule has 1 aliphatic rings. The van der Waals surface area contributed by atoms with E-state index in [1.54, 1.807) is 43.5 Å². The minimum absolute atomic E-state index is 0.106. The van der Waals surface area contributed by atoms with E-state index in [0.29, 0.717) is 17.0 Å². The van der Waals surface area contributed by atoms with Crippen LogP contribution >= 0.6 is 0 Å².